The van der Waals surface area contributed by atoms with E-state index in [2.05, 4.69) is 10.1 Å². The predicted molar refractivity (Wildman–Crippen MR) is 102 cm³/mol. The Hall–Kier alpha value is -2.08. The number of esters is 1. The standard InChI is InChI=1S/C19H20Cl2N2O3/c1-23(11-14-5-8-16(20)17(21)9-14)12-18(24)22-10-13-3-6-15(7-4-13)19(25)26-2/h3-9H,10-12H2,1-2H3,(H,22,24)/p+1. The average molecular weight is 396 g/mol. The highest BCUT2D eigenvalue weighted by Crippen LogP contribution is 2.22. The minimum atomic E-state index is -0.381. The van der Waals surface area contributed by atoms with E-state index in [1.54, 1.807) is 30.3 Å². The number of halogens is 2. The van der Waals surface area contributed by atoms with E-state index >= 15 is 0 Å². The van der Waals surface area contributed by atoms with Gasteiger partial charge in [0.25, 0.3) is 5.91 Å². The first kappa shape index (κ1) is 20.2. The zero-order valence-corrected chi connectivity index (χ0v) is 16.2. The highest BCUT2D eigenvalue weighted by atomic mass is 35.5. The van der Waals surface area contributed by atoms with Crippen molar-refractivity contribution in [1.82, 2.24) is 5.32 Å². The summed E-state index contributed by atoms with van der Waals surface area (Å²) >= 11 is 11.9. The molecule has 2 rings (SSSR count). The lowest BCUT2D eigenvalue weighted by molar-refractivity contribution is -0.885. The molecule has 0 saturated heterocycles. The minimum absolute atomic E-state index is 0.0559. The fourth-order valence-electron chi connectivity index (χ4n) is 2.47. The van der Waals surface area contributed by atoms with E-state index in [0.29, 0.717) is 35.2 Å². The maximum Gasteiger partial charge on any atom is 0.337 e. The smallest absolute Gasteiger partial charge is 0.337 e. The minimum Gasteiger partial charge on any atom is -0.465 e. The number of rotatable bonds is 7. The summed E-state index contributed by atoms with van der Waals surface area (Å²) in [4.78, 5) is 24.5. The Labute approximate surface area is 162 Å². The molecule has 0 saturated carbocycles. The Bertz CT molecular complexity index is 779. The third kappa shape index (κ3) is 6.02. The third-order valence-corrected chi connectivity index (χ3v) is 4.56. The van der Waals surface area contributed by atoms with E-state index in [-0.39, 0.29) is 11.9 Å². The van der Waals surface area contributed by atoms with Gasteiger partial charge in [0.1, 0.15) is 6.54 Å². The van der Waals surface area contributed by atoms with Crippen molar-refractivity contribution in [2.24, 2.45) is 0 Å². The first-order chi connectivity index (χ1) is 12.4. The van der Waals surface area contributed by atoms with Crippen LogP contribution in [0.5, 0.6) is 0 Å². The summed E-state index contributed by atoms with van der Waals surface area (Å²) in [5.74, 6) is -0.437. The number of ether oxygens (including phenoxy) is 1. The second-order valence-electron chi connectivity index (χ2n) is 6.02. The van der Waals surface area contributed by atoms with Crippen molar-refractivity contribution in [3.05, 3.63) is 69.2 Å². The topological polar surface area (TPSA) is 59.8 Å². The van der Waals surface area contributed by atoms with Gasteiger partial charge in [-0.05, 0) is 29.8 Å². The van der Waals surface area contributed by atoms with Crippen LogP contribution in [-0.4, -0.2) is 32.6 Å². The fraction of sp³-hybridized carbons (Fsp3) is 0.263. The Morgan fingerprint density at radius 3 is 2.31 bits per heavy atom. The molecule has 138 valence electrons. The molecular weight excluding hydrogens is 375 g/mol. The van der Waals surface area contributed by atoms with Crippen LogP contribution >= 0.6 is 23.2 Å². The number of carbonyl (C=O) groups excluding carboxylic acids is 2. The Balaban J connectivity index is 1.80. The number of hydrogen-bond acceptors (Lipinski definition) is 3. The normalized spacial score (nSPS) is 11.7. The Kier molecular flexibility index (Phi) is 7.45. The molecule has 2 N–H and O–H groups in total. The Morgan fingerprint density at radius 2 is 1.69 bits per heavy atom. The zero-order valence-electron chi connectivity index (χ0n) is 14.6. The van der Waals surface area contributed by atoms with Crippen LogP contribution in [0.15, 0.2) is 42.5 Å². The number of nitrogens with one attached hydrogen (secondary N) is 2. The third-order valence-electron chi connectivity index (χ3n) is 3.82. The first-order valence-corrected chi connectivity index (χ1v) is 8.84. The van der Waals surface area contributed by atoms with Crippen LogP contribution in [-0.2, 0) is 22.6 Å². The number of likely N-dealkylation sites (N-methyl/N-ethyl adjacent to an activating group) is 1. The number of methoxy groups -OCH3 is 1. The average Bonchev–Trinajstić information content (AvgIpc) is 2.62. The summed E-state index contributed by atoms with van der Waals surface area (Å²) in [5.41, 5.74) is 2.41. The van der Waals surface area contributed by atoms with E-state index in [1.807, 2.05) is 19.2 Å². The monoisotopic (exact) mass is 395 g/mol. The van der Waals surface area contributed by atoms with E-state index in [9.17, 15) is 9.59 Å². The van der Waals surface area contributed by atoms with Gasteiger partial charge in [0.05, 0.1) is 29.8 Å². The van der Waals surface area contributed by atoms with Crippen molar-refractivity contribution in [3.63, 3.8) is 0 Å². The molecule has 0 aromatic heterocycles. The van der Waals surface area contributed by atoms with Gasteiger partial charge in [0, 0.05) is 12.1 Å². The van der Waals surface area contributed by atoms with Gasteiger partial charge >= 0.3 is 5.97 Å². The molecule has 5 nitrogen and oxygen atoms in total. The molecule has 0 aliphatic rings. The molecular formula is C19H21Cl2N2O3+. The van der Waals surface area contributed by atoms with Gasteiger partial charge < -0.3 is 15.0 Å². The van der Waals surface area contributed by atoms with Crippen LogP contribution < -0.4 is 10.2 Å². The molecule has 26 heavy (non-hydrogen) atoms. The lowest BCUT2D eigenvalue weighted by Crippen LogP contribution is -3.08. The van der Waals surface area contributed by atoms with Crippen LogP contribution in [0, 0.1) is 0 Å². The number of quaternary nitrogens is 1. The van der Waals surface area contributed by atoms with Gasteiger partial charge in [-0.2, -0.15) is 0 Å². The Morgan fingerprint density at radius 1 is 1.04 bits per heavy atom. The fourth-order valence-corrected chi connectivity index (χ4v) is 2.80. The van der Waals surface area contributed by atoms with E-state index in [4.69, 9.17) is 23.2 Å². The van der Waals surface area contributed by atoms with Crippen molar-refractivity contribution in [1.29, 1.82) is 0 Å². The summed E-state index contributed by atoms with van der Waals surface area (Å²) in [6.45, 7) is 1.40. The van der Waals surface area contributed by atoms with Gasteiger partial charge in [0.2, 0.25) is 0 Å². The molecule has 2 aromatic rings. The number of hydrogen-bond donors (Lipinski definition) is 2. The van der Waals surface area contributed by atoms with Crippen molar-refractivity contribution in [2.75, 3.05) is 20.7 Å². The summed E-state index contributed by atoms with van der Waals surface area (Å²) in [6.07, 6.45) is 0. The molecule has 0 fully saturated rings. The van der Waals surface area contributed by atoms with Crippen molar-refractivity contribution in [2.45, 2.75) is 13.1 Å². The number of carbonyl (C=O) groups is 2. The molecule has 7 heteroatoms. The molecule has 0 bridgehead atoms. The molecule has 2 aromatic carbocycles. The van der Waals surface area contributed by atoms with Crippen LogP contribution in [0.4, 0.5) is 0 Å². The second kappa shape index (κ2) is 9.57. The van der Waals surface area contributed by atoms with Crippen LogP contribution in [0.3, 0.4) is 0 Å². The van der Waals surface area contributed by atoms with Gasteiger partial charge in [-0.25, -0.2) is 4.79 Å². The second-order valence-corrected chi connectivity index (χ2v) is 6.84. The highest BCUT2D eigenvalue weighted by Gasteiger charge is 2.12. The van der Waals surface area contributed by atoms with Crippen LogP contribution in [0.25, 0.3) is 0 Å². The number of benzene rings is 2. The molecule has 0 aliphatic heterocycles. The largest absolute Gasteiger partial charge is 0.465 e. The number of amides is 1. The van der Waals surface area contributed by atoms with Crippen molar-refractivity contribution < 1.29 is 19.2 Å². The van der Waals surface area contributed by atoms with Gasteiger partial charge in [-0.1, -0.05) is 41.4 Å². The molecule has 0 spiro atoms. The SMILES string of the molecule is COC(=O)c1ccc(CNC(=O)C[NH+](C)Cc2ccc(Cl)c(Cl)c2)cc1. The van der Waals surface area contributed by atoms with Crippen molar-refractivity contribution >= 4 is 35.1 Å². The summed E-state index contributed by atoms with van der Waals surface area (Å²) in [5, 5.41) is 3.90. The highest BCUT2D eigenvalue weighted by molar-refractivity contribution is 6.42. The maximum absolute atomic E-state index is 12.1. The lowest BCUT2D eigenvalue weighted by Gasteiger charge is -2.14. The lowest BCUT2D eigenvalue weighted by atomic mass is 10.1. The quantitative estimate of drug-likeness (QED) is 0.705. The summed E-state index contributed by atoms with van der Waals surface area (Å²) < 4.78 is 4.65. The van der Waals surface area contributed by atoms with E-state index in [0.717, 1.165) is 16.0 Å². The summed E-state index contributed by atoms with van der Waals surface area (Å²) in [6, 6.07) is 12.4. The molecule has 1 atom stereocenters. The predicted octanol–water partition coefficient (Wildman–Crippen LogP) is 2.11. The molecule has 1 unspecified atom stereocenters. The zero-order chi connectivity index (χ0) is 19.1. The van der Waals surface area contributed by atoms with E-state index < -0.39 is 0 Å². The summed E-state index contributed by atoms with van der Waals surface area (Å²) in [7, 11) is 3.28. The molecule has 0 radical (unpaired) electrons. The van der Waals surface area contributed by atoms with Gasteiger partial charge in [0.15, 0.2) is 6.54 Å². The first-order valence-electron chi connectivity index (χ1n) is 8.08. The van der Waals surface area contributed by atoms with Crippen LogP contribution in [0.1, 0.15) is 21.5 Å². The molecule has 1 amide bonds. The molecule has 0 aliphatic carbocycles. The van der Waals surface area contributed by atoms with E-state index in [1.165, 1.54) is 7.11 Å². The maximum atomic E-state index is 12.1. The van der Waals surface area contributed by atoms with Gasteiger partial charge in [-0.15, -0.1) is 0 Å². The van der Waals surface area contributed by atoms with Crippen molar-refractivity contribution in [3.8, 4) is 0 Å². The molecule has 0 heterocycles. The van der Waals surface area contributed by atoms with Crippen LogP contribution in [0.2, 0.25) is 10.0 Å². The van der Waals surface area contributed by atoms with Gasteiger partial charge in [-0.3, -0.25) is 4.79 Å².